The van der Waals surface area contributed by atoms with Crippen LogP contribution in [0.3, 0.4) is 0 Å². The molecule has 21 heavy (non-hydrogen) atoms. The Morgan fingerprint density at radius 2 is 2.33 bits per heavy atom. The number of hydrogen-bond acceptors (Lipinski definition) is 3. The zero-order chi connectivity index (χ0) is 14.5. The molecular weight excluding hydrogens is 260 g/mol. The third-order valence-electron chi connectivity index (χ3n) is 4.28. The number of rotatable bonds is 6. The van der Waals surface area contributed by atoms with Crippen LogP contribution < -0.4 is 5.32 Å². The Labute approximate surface area is 126 Å². The highest BCUT2D eigenvalue weighted by Crippen LogP contribution is 2.26. The van der Waals surface area contributed by atoms with Crippen LogP contribution in [0.15, 0.2) is 36.5 Å². The minimum absolute atomic E-state index is 0.406. The highest BCUT2D eigenvalue weighted by Gasteiger charge is 2.18. The summed E-state index contributed by atoms with van der Waals surface area (Å²) >= 11 is 0. The summed E-state index contributed by atoms with van der Waals surface area (Å²) in [4.78, 5) is 4.40. The second-order valence-electron chi connectivity index (χ2n) is 5.78. The third-order valence-corrected chi connectivity index (χ3v) is 4.28. The highest BCUT2D eigenvalue weighted by molar-refractivity contribution is 5.79. The van der Waals surface area contributed by atoms with Gasteiger partial charge in [-0.15, -0.1) is 0 Å². The van der Waals surface area contributed by atoms with E-state index >= 15 is 0 Å². The first-order valence-corrected chi connectivity index (χ1v) is 8.06. The van der Waals surface area contributed by atoms with Gasteiger partial charge in [0.15, 0.2) is 0 Å². The Kier molecular flexibility index (Phi) is 4.84. The van der Waals surface area contributed by atoms with Crippen molar-refractivity contribution in [3.8, 4) is 0 Å². The van der Waals surface area contributed by atoms with Crippen molar-refractivity contribution in [1.82, 2.24) is 10.3 Å². The zero-order valence-corrected chi connectivity index (χ0v) is 12.7. The zero-order valence-electron chi connectivity index (χ0n) is 12.7. The van der Waals surface area contributed by atoms with Gasteiger partial charge in [0, 0.05) is 24.2 Å². The van der Waals surface area contributed by atoms with E-state index in [0.717, 1.165) is 31.5 Å². The van der Waals surface area contributed by atoms with Crippen molar-refractivity contribution in [2.45, 2.75) is 44.8 Å². The van der Waals surface area contributed by atoms with Crippen molar-refractivity contribution in [3.05, 3.63) is 42.1 Å². The largest absolute Gasteiger partial charge is 0.378 e. The van der Waals surface area contributed by atoms with E-state index in [9.17, 15) is 0 Å². The molecule has 1 fully saturated rings. The third kappa shape index (κ3) is 3.60. The summed E-state index contributed by atoms with van der Waals surface area (Å²) in [6, 6.07) is 11.1. The average molecular weight is 284 g/mol. The molecule has 2 heterocycles. The van der Waals surface area contributed by atoms with Crippen molar-refractivity contribution < 1.29 is 4.74 Å². The molecule has 0 radical (unpaired) electrons. The standard InChI is InChI=1S/C18H24N2O/c1-2-19-17(10-8-16-6-4-12-21-16)15-7-9-18-14(13-15)5-3-11-20-18/h3,5,7,9,11,13,16-17,19H,2,4,6,8,10,12H2,1H3. The number of aromatic nitrogens is 1. The summed E-state index contributed by atoms with van der Waals surface area (Å²) < 4.78 is 5.75. The fourth-order valence-electron chi connectivity index (χ4n) is 3.17. The molecule has 0 amide bonds. The van der Waals surface area contributed by atoms with E-state index in [1.807, 2.05) is 12.3 Å². The van der Waals surface area contributed by atoms with Gasteiger partial charge in [0.25, 0.3) is 0 Å². The number of fused-ring (bicyclic) bond motifs is 1. The Hall–Kier alpha value is -1.45. The lowest BCUT2D eigenvalue weighted by atomic mass is 9.98. The van der Waals surface area contributed by atoms with Gasteiger partial charge in [-0.05, 0) is 56.0 Å². The number of pyridine rings is 1. The Morgan fingerprint density at radius 1 is 1.38 bits per heavy atom. The van der Waals surface area contributed by atoms with Crippen LogP contribution >= 0.6 is 0 Å². The molecular formula is C18H24N2O. The van der Waals surface area contributed by atoms with E-state index in [1.165, 1.54) is 23.8 Å². The molecule has 3 nitrogen and oxygen atoms in total. The molecule has 1 aliphatic rings. The minimum atomic E-state index is 0.406. The maximum Gasteiger partial charge on any atom is 0.0702 e. The van der Waals surface area contributed by atoms with Gasteiger partial charge in [-0.3, -0.25) is 4.98 Å². The van der Waals surface area contributed by atoms with Gasteiger partial charge >= 0.3 is 0 Å². The van der Waals surface area contributed by atoms with Crippen LogP contribution in [0.4, 0.5) is 0 Å². The van der Waals surface area contributed by atoms with E-state index in [0.29, 0.717) is 12.1 Å². The summed E-state index contributed by atoms with van der Waals surface area (Å²) in [5.41, 5.74) is 2.42. The molecule has 0 spiro atoms. The lowest BCUT2D eigenvalue weighted by molar-refractivity contribution is 0.0996. The lowest BCUT2D eigenvalue weighted by Crippen LogP contribution is -2.22. The highest BCUT2D eigenvalue weighted by atomic mass is 16.5. The molecule has 2 aromatic rings. The molecule has 0 aliphatic carbocycles. The number of ether oxygens (including phenoxy) is 1. The first kappa shape index (κ1) is 14.5. The van der Waals surface area contributed by atoms with Gasteiger partial charge < -0.3 is 10.1 Å². The molecule has 3 heteroatoms. The molecule has 112 valence electrons. The topological polar surface area (TPSA) is 34.1 Å². The normalized spacial score (nSPS) is 20.0. The van der Waals surface area contributed by atoms with Gasteiger partial charge in [-0.25, -0.2) is 0 Å². The average Bonchev–Trinajstić information content (AvgIpc) is 3.04. The first-order chi connectivity index (χ1) is 10.4. The van der Waals surface area contributed by atoms with Crippen LogP contribution in [-0.4, -0.2) is 24.2 Å². The smallest absolute Gasteiger partial charge is 0.0702 e. The number of benzene rings is 1. The number of nitrogens with one attached hydrogen (secondary N) is 1. The predicted molar refractivity (Wildman–Crippen MR) is 86.4 cm³/mol. The van der Waals surface area contributed by atoms with E-state index in [4.69, 9.17) is 4.74 Å². The van der Waals surface area contributed by atoms with Gasteiger partial charge in [0.2, 0.25) is 0 Å². The van der Waals surface area contributed by atoms with Crippen molar-refractivity contribution in [1.29, 1.82) is 0 Å². The Bertz CT molecular complexity index is 578. The fraction of sp³-hybridized carbons (Fsp3) is 0.500. The number of hydrogen-bond donors (Lipinski definition) is 1. The fourth-order valence-corrected chi connectivity index (χ4v) is 3.17. The van der Waals surface area contributed by atoms with E-state index in [-0.39, 0.29) is 0 Å². The van der Waals surface area contributed by atoms with Gasteiger partial charge in [0.1, 0.15) is 0 Å². The van der Waals surface area contributed by atoms with Crippen LogP contribution in [-0.2, 0) is 4.74 Å². The van der Waals surface area contributed by atoms with Crippen LogP contribution in [0.5, 0.6) is 0 Å². The molecule has 1 N–H and O–H groups in total. The van der Waals surface area contributed by atoms with Crippen LogP contribution in [0, 0.1) is 0 Å². The van der Waals surface area contributed by atoms with E-state index in [2.05, 4.69) is 41.5 Å². The molecule has 0 saturated carbocycles. The molecule has 1 saturated heterocycles. The van der Waals surface area contributed by atoms with Gasteiger partial charge in [0.05, 0.1) is 11.6 Å². The maximum atomic E-state index is 5.75. The Balaban J connectivity index is 1.74. The SMILES string of the molecule is CCNC(CCC1CCCO1)c1ccc2ncccc2c1. The van der Waals surface area contributed by atoms with Crippen LogP contribution in [0.1, 0.15) is 44.2 Å². The van der Waals surface area contributed by atoms with Gasteiger partial charge in [-0.1, -0.05) is 19.1 Å². The monoisotopic (exact) mass is 284 g/mol. The van der Waals surface area contributed by atoms with E-state index < -0.39 is 0 Å². The van der Waals surface area contributed by atoms with E-state index in [1.54, 1.807) is 0 Å². The second-order valence-corrected chi connectivity index (χ2v) is 5.78. The number of nitrogens with zero attached hydrogens (tertiary/aromatic N) is 1. The van der Waals surface area contributed by atoms with Crippen molar-refractivity contribution in [2.24, 2.45) is 0 Å². The molecule has 1 aliphatic heterocycles. The second kappa shape index (κ2) is 7.01. The molecule has 2 unspecified atom stereocenters. The maximum absolute atomic E-state index is 5.75. The first-order valence-electron chi connectivity index (χ1n) is 8.06. The quantitative estimate of drug-likeness (QED) is 0.875. The molecule has 3 rings (SSSR count). The lowest BCUT2D eigenvalue weighted by Gasteiger charge is -2.20. The van der Waals surface area contributed by atoms with Crippen molar-refractivity contribution >= 4 is 10.9 Å². The van der Waals surface area contributed by atoms with Crippen LogP contribution in [0.2, 0.25) is 0 Å². The summed E-state index contributed by atoms with van der Waals surface area (Å²) in [6.45, 7) is 4.10. The molecule has 0 bridgehead atoms. The summed E-state index contributed by atoms with van der Waals surface area (Å²) in [7, 11) is 0. The molecule has 2 atom stereocenters. The Morgan fingerprint density at radius 3 is 3.14 bits per heavy atom. The minimum Gasteiger partial charge on any atom is -0.378 e. The molecule has 1 aromatic heterocycles. The summed E-state index contributed by atoms with van der Waals surface area (Å²) in [5, 5.41) is 4.83. The van der Waals surface area contributed by atoms with Gasteiger partial charge in [-0.2, -0.15) is 0 Å². The van der Waals surface area contributed by atoms with Crippen molar-refractivity contribution in [2.75, 3.05) is 13.2 Å². The molecule has 1 aromatic carbocycles. The van der Waals surface area contributed by atoms with Crippen molar-refractivity contribution in [3.63, 3.8) is 0 Å². The summed E-state index contributed by atoms with van der Waals surface area (Å²) in [5.74, 6) is 0. The predicted octanol–water partition coefficient (Wildman–Crippen LogP) is 3.84. The summed E-state index contributed by atoms with van der Waals surface area (Å²) in [6.07, 6.45) is 7.03. The van der Waals surface area contributed by atoms with Crippen LogP contribution in [0.25, 0.3) is 10.9 Å².